The molecule has 0 aromatic carbocycles. The molecule has 1 saturated heterocycles. The van der Waals surface area contributed by atoms with Crippen molar-refractivity contribution >= 4 is 5.91 Å². The molecule has 6 nitrogen and oxygen atoms in total. The van der Waals surface area contributed by atoms with Crippen LogP contribution in [0.25, 0.3) is 0 Å². The van der Waals surface area contributed by atoms with Crippen LogP contribution in [0.1, 0.15) is 31.4 Å². The topological polar surface area (TPSA) is 60.3 Å². The van der Waals surface area contributed by atoms with Gasteiger partial charge in [0.15, 0.2) is 0 Å². The number of carbonyl (C=O) groups excluding carboxylic acids is 1. The Morgan fingerprint density at radius 1 is 1.33 bits per heavy atom. The van der Waals surface area contributed by atoms with Gasteiger partial charge in [-0.15, -0.1) is 5.10 Å². The van der Waals surface area contributed by atoms with Gasteiger partial charge >= 0.3 is 0 Å². The first-order valence-electron chi connectivity index (χ1n) is 6.59. The van der Waals surface area contributed by atoms with Gasteiger partial charge in [0.2, 0.25) is 5.91 Å². The van der Waals surface area contributed by atoms with E-state index in [9.17, 15) is 4.79 Å². The monoisotopic (exact) mass is 250 g/mol. The molecule has 1 amide bonds. The van der Waals surface area contributed by atoms with E-state index in [1.54, 1.807) is 6.20 Å². The molecule has 0 radical (unpaired) electrons. The minimum absolute atomic E-state index is 0.254. The van der Waals surface area contributed by atoms with E-state index < -0.39 is 0 Å². The van der Waals surface area contributed by atoms with Crippen LogP contribution in [0.4, 0.5) is 0 Å². The van der Waals surface area contributed by atoms with Gasteiger partial charge in [0.1, 0.15) is 0 Å². The predicted octanol–water partition coefficient (Wildman–Crippen LogP) is 0.579. The smallest absolute Gasteiger partial charge is 0.222 e. The number of rotatable bonds is 0. The summed E-state index contributed by atoms with van der Waals surface area (Å²) in [6, 6.07) is 0.264. The Labute approximate surface area is 106 Å². The molecule has 1 unspecified atom stereocenters. The maximum atomic E-state index is 12.1. The Hall–Kier alpha value is -1.43. The molecule has 18 heavy (non-hydrogen) atoms. The summed E-state index contributed by atoms with van der Waals surface area (Å²) in [5.74, 6) is 0.254. The lowest BCUT2D eigenvalue weighted by Crippen LogP contribution is -2.38. The maximum Gasteiger partial charge on any atom is 0.222 e. The summed E-state index contributed by atoms with van der Waals surface area (Å²) >= 11 is 0. The van der Waals surface area contributed by atoms with Crippen LogP contribution < -0.4 is 0 Å². The highest BCUT2D eigenvalue weighted by Gasteiger charge is 2.28. The van der Waals surface area contributed by atoms with Crippen LogP contribution in [0.5, 0.6) is 0 Å². The molecular weight excluding hydrogens is 232 g/mol. The van der Waals surface area contributed by atoms with E-state index in [0.717, 1.165) is 38.0 Å². The van der Waals surface area contributed by atoms with E-state index in [1.165, 1.54) is 0 Å². The highest BCUT2D eigenvalue weighted by Crippen LogP contribution is 2.20. The van der Waals surface area contributed by atoms with Crippen molar-refractivity contribution in [1.82, 2.24) is 19.9 Å². The number of amides is 1. The first-order valence-corrected chi connectivity index (χ1v) is 6.59. The van der Waals surface area contributed by atoms with Crippen molar-refractivity contribution in [2.24, 2.45) is 0 Å². The van der Waals surface area contributed by atoms with Crippen LogP contribution in [-0.4, -0.2) is 45.0 Å². The van der Waals surface area contributed by atoms with E-state index >= 15 is 0 Å². The van der Waals surface area contributed by atoms with E-state index in [4.69, 9.17) is 4.74 Å². The van der Waals surface area contributed by atoms with Gasteiger partial charge in [-0.2, -0.15) is 0 Å². The third-order valence-corrected chi connectivity index (χ3v) is 3.72. The Bertz CT molecular complexity index is 431. The zero-order valence-electron chi connectivity index (χ0n) is 10.4. The lowest BCUT2D eigenvalue weighted by Gasteiger charge is -2.24. The second-order valence-corrected chi connectivity index (χ2v) is 4.95. The average Bonchev–Trinajstić information content (AvgIpc) is 2.98. The molecule has 0 aliphatic carbocycles. The zero-order valence-corrected chi connectivity index (χ0v) is 10.4. The molecule has 0 bridgehead atoms. The second-order valence-electron chi connectivity index (χ2n) is 4.95. The largest absolute Gasteiger partial charge is 0.373 e. The molecule has 0 saturated carbocycles. The molecule has 1 aromatic heterocycles. The van der Waals surface area contributed by atoms with Crippen molar-refractivity contribution in [3.63, 3.8) is 0 Å². The van der Waals surface area contributed by atoms with Crippen molar-refractivity contribution in [2.75, 3.05) is 13.2 Å². The highest BCUT2D eigenvalue weighted by atomic mass is 16.5. The fraction of sp³-hybridized carbons (Fsp3) is 0.750. The average molecular weight is 250 g/mol. The highest BCUT2D eigenvalue weighted by molar-refractivity contribution is 5.76. The summed E-state index contributed by atoms with van der Waals surface area (Å²) in [6.45, 7) is 2.78. The standard InChI is InChI=1S/C12H18N4O2/c17-12-4-2-6-16-11(7-13-14-16)9-18-8-10-3-1-5-15(10)12/h7,10H,1-6,8-9H2. The van der Waals surface area contributed by atoms with Crippen molar-refractivity contribution in [2.45, 2.75) is 44.9 Å². The summed E-state index contributed by atoms with van der Waals surface area (Å²) in [6.07, 6.45) is 5.31. The van der Waals surface area contributed by atoms with Gasteiger partial charge in [-0.05, 0) is 19.3 Å². The number of carbonyl (C=O) groups is 1. The quantitative estimate of drug-likeness (QED) is 0.676. The molecule has 1 atom stereocenters. The minimum Gasteiger partial charge on any atom is -0.373 e. The minimum atomic E-state index is 0.254. The SMILES string of the molecule is O=C1CCCn2nncc2COCC2CCCN12. The van der Waals surface area contributed by atoms with Gasteiger partial charge < -0.3 is 9.64 Å². The van der Waals surface area contributed by atoms with E-state index in [0.29, 0.717) is 19.6 Å². The summed E-state index contributed by atoms with van der Waals surface area (Å²) in [4.78, 5) is 14.1. The van der Waals surface area contributed by atoms with E-state index in [-0.39, 0.29) is 11.9 Å². The second kappa shape index (κ2) is 5.06. The van der Waals surface area contributed by atoms with Crippen molar-refractivity contribution in [1.29, 1.82) is 0 Å². The molecule has 0 spiro atoms. The molecule has 6 heteroatoms. The molecule has 1 fully saturated rings. The van der Waals surface area contributed by atoms with Gasteiger partial charge in [0.05, 0.1) is 31.1 Å². The zero-order chi connectivity index (χ0) is 12.4. The molecule has 2 aliphatic rings. The number of hydrogen-bond donors (Lipinski definition) is 0. The summed E-state index contributed by atoms with van der Waals surface area (Å²) in [7, 11) is 0. The third-order valence-electron chi connectivity index (χ3n) is 3.72. The van der Waals surface area contributed by atoms with Crippen LogP contribution in [-0.2, 0) is 22.7 Å². The first kappa shape index (κ1) is 11.6. The van der Waals surface area contributed by atoms with Crippen LogP contribution >= 0.6 is 0 Å². The molecule has 3 rings (SSSR count). The summed E-state index contributed by atoms with van der Waals surface area (Å²) < 4.78 is 7.55. The number of hydrogen-bond acceptors (Lipinski definition) is 4. The molecule has 3 heterocycles. The van der Waals surface area contributed by atoms with E-state index in [2.05, 4.69) is 10.3 Å². The summed E-state index contributed by atoms with van der Waals surface area (Å²) in [5.41, 5.74) is 0.994. The lowest BCUT2D eigenvalue weighted by atomic mass is 10.2. The van der Waals surface area contributed by atoms with Gasteiger partial charge in [-0.3, -0.25) is 4.79 Å². The van der Waals surface area contributed by atoms with Crippen LogP contribution in [0.3, 0.4) is 0 Å². The number of aromatic nitrogens is 3. The number of fused-ring (bicyclic) bond motifs is 2. The van der Waals surface area contributed by atoms with Crippen molar-refractivity contribution in [3.05, 3.63) is 11.9 Å². The van der Waals surface area contributed by atoms with Crippen molar-refractivity contribution in [3.8, 4) is 0 Å². The fourth-order valence-electron chi connectivity index (χ4n) is 2.74. The van der Waals surface area contributed by atoms with Crippen LogP contribution in [0.15, 0.2) is 6.20 Å². The molecule has 1 aromatic rings. The number of nitrogens with zero attached hydrogens (tertiary/aromatic N) is 4. The Morgan fingerprint density at radius 3 is 3.22 bits per heavy atom. The van der Waals surface area contributed by atoms with E-state index in [1.807, 2.05) is 9.58 Å². The van der Waals surface area contributed by atoms with Gasteiger partial charge in [-0.25, -0.2) is 4.68 Å². The summed E-state index contributed by atoms with van der Waals surface area (Å²) in [5, 5.41) is 7.92. The first-order chi connectivity index (χ1) is 8.84. The molecule has 0 N–H and O–H groups in total. The van der Waals surface area contributed by atoms with Crippen LogP contribution in [0.2, 0.25) is 0 Å². The van der Waals surface area contributed by atoms with Gasteiger partial charge in [0.25, 0.3) is 0 Å². The number of aryl methyl sites for hydroxylation is 1. The fourth-order valence-corrected chi connectivity index (χ4v) is 2.74. The predicted molar refractivity (Wildman–Crippen MR) is 63.6 cm³/mol. The lowest BCUT2D eigenvalue weighted by molar-refractivity contribution is -0.133. The van der Waals surface area contributed by atoms with Gasteiger partial charge in [-0.1, -0.05) is 5.21 Å². The molecule has 98 valence electrons. The molecule has 2 aliphatic heterocycles. The third kappa shape index (κ3) is 2.25. The van der Waals surface area contributed by atoms with Crippen molar-refractivity contribution < 1.29 is 9.53 Å². The van der Waals surface area contributed by atoms with Crippen LogP contribution in [0, 0.1) is 0 Å². The number of ether oxygens (including phenoxy) is 1. The Balaban J connectivity index is 1.74. The Morgan fingerprint density at radius 2 is 2.28 bits per heavy atom. The molecular formula is C12H18N4O2. The Kier molecular flexibility index (Phi) is 3.27. The maximum absolute atomic E-state index is 12.1. The normalized spacial score (nSPS) is 25.4. The van der Waals surface area contributed by atoms with Gasteiger partial charge in [0, 0.05) is 19.5 Å².